The fraction of sp³-hybridized carbons (Fsp3) is 0.909. The molecular formula is C11H18N2O. The standard InChI is InChI=1S/C11H18N2O/c12-8-7-13(10(8)14)9-6-11(9)4-2-1-3-5-11/h8-9H,1-7,12H2. The van der Waals surface area contributed by atoms with E-state index in [0.29, 0.717) is 11.5 Å². The largest absolute Gasteiger partial charge is 0.336 e. The van der Waals surface area contributed by atoms with Gasteiger partial charge in [0.15, 0.2) is 0 Å². The molecule has 1 saturated heterocycles. The number of rotatable bonds is 1. The van der Waals surface area contributed by atoms with Crippen LogP contribution >= 0.6 is 0 Å². The molecule has 2 aliphatic carbocycles. The second-order valence-corrected chi connectivity index (χ2v) is 5.24. The van der Waals surface area contributed by atoms with Crippen molar-refractivity contribution in [3.05, 3.63) is 0 Å². The van der Waals surface area contributed by atoms with E-state index < -0.39 is 0 Å². The third kappa shape index (κ3) is 1.05. The van der Waals surface area contributed by atoms with Gasteiger partial charge in [-0.3, -0.25) is 4.79 Å². The Hall–Kier alpha value is -0.570. The zero-order valence-corrected chi connectivity index (χ0v) is 8.54. The maximum absolute atomic E-state index is 11.5. The molecule has 2 unspecified atom stereocenters. The van der Waals surface area contributed by atoms with Gasteiger partial charge in [0.25, 0.3) is 0 Å². The Morgan fingerprint density at radius 3 is 2.57 bits per heavy atom. The van der Waals surface area contributed by atoms with Crippen LogP contribution in [0, 0.1) is 5.41 Å². The predicted octanol–water partition coefficient (Wildman–Crippen LogP) is 0.879. The molecule has 3 heteroatoms. The molecule has 2 atom stereocenters. The molecule has 0 radical (unpaired) electrons. The molecule has 0 bridgehead atoms. The average Bonchev–Trinajstić information content (AvgIpc) is 2.88. The van der Waals surface area contributed by atoms with Crippen LogP contribution in [-0.2, 0) is 4.79 Å². The SMILES string of the molecule is NC1CN(C2CC23CCCCC3)C1=O. The lowest BCUT2D eigenvalue weighted by Crippen LogP contribution is -2.62. The highest BCUT2D eigenvalue weighted by atomic mass is 16.2. The van der Waals surface area contributed by atoms with Crippen molar-refractivity contribution in [3.8, 4) is 0 Å². The summed E-state index contributed by atoms with van der Waals surface area (Å²) in [5.41, 5.74) is 6.14. The fourth-order valence-corrected chi connectivity index (χ4v) is 3.32. The van der Waals surface area contributed by atoms with Crippen LogP contribution in [0.1, 0.15) is 38.5 Å². The van der Waals surface area contributed by atoms with Crippen LogP contribution < -0.4 is 5.73 Å². The number of nitrogens with two attached hydrogens (primary N) is 1. The van der Waals surface area contributed by atoms with Crippen molar-refractivity contribution in [2.24, 2.45) is 11.1 Å². The number of nitrogens with zero attached hydrogens (tertiary/aromatic N) is 1. The molecule has 14 heavy (non-hydrogen) atoms. The molecule has 3 nitrogen and oxygen atoms in total. The van der Waals surface area contributed by atoms with Gasteiger partial charge in [0.2, 0.25) is 5.91 Å². The van der Waals surface area contributed by atoms with E-state index in [0.717, 1.165) is 6.54 Å². The van der Waals surface area contributed by atoms with Crippen LogP contribution in [0.15, 0.2) is 0 Å². The average molecular weight is 194 g/mol. The molecule has 3 rings (SSSR count). The van der Waals surface area contributed by atoms with Crippen molar-refractivity contribution < 1.29 is 4.79 Å². The van der Waals surface area contributed by atoms with Gasteiger partial charge in [-0.1, -0.05) is 19.3 Å². The van der Waals surface area contributed by atoms with Gasteiger partial charge in [-0.25, -0.2) is 0 Å². The summed E-state index contributed by atoms with van der Waals surface area (Å²) in [6, 6.07) is 0.381. The van der Waals surface area contributed by atoms with Gasteiger partial charge in [-0.2, -0.15) is 0 Å². The zero-order valence-electron chi connectivity index (χ0n) is 8.54. The summed E-state index contributed by atoms with van der Waals surface area (Å²) >= 11 is 0. The minimum Gasteiger partial charge on any atom is -0.336 e. The van der Waals surface area contributed by atoms with Crippen molar-refractivity contribution in [1.82, 2.24) is 4.90 Å². The van der Waals surface area contributed by atoms with Crippen molar-refractivity contribution in [2.45, 2.75) is 50.6 Å². The molecule has 0 aromatic heterocycles. The number of amides is 1. The van der Waals surface area contributed by atoms with Gasteiger partial charge in [0.1, 0.15) is 6.04 Å². The molecule has 0 aromatic carbocycles. The zero-order chi connectivity index (χ0) is 9.76. The van der Waals surface area contributed by atoms with E-state index in [1.165, 1.54) is 38.5 Å². The molecule has 1 spiro atoms. The quantitative estimate of drug-likeness (QED) is 0.630. The monoisotopic (exact) mass is 194 g/mol. The van der Waals surface area contributed by atoms with Crippen LogP contribution in [0.5, 0.6) is 0 Å². The summed E-state index contributed by atoms with van der Waals surface area (Å²) in [4.78, 5) is 13.5. The second kappa shape index (κ2) is 2.72. The van der Waals surface area contributed by atoms with Crippen molar-refractivity contribution in [1.29, 1.82) is 0 Å². The highest BCUT2D eigenvalue weighted by molar-refractivity contribution is 5.88. The number of carbonyl (C=O) groups excluding carboxylic acids is 1. The molecule has 3 fully saturated rings. The highest BCUT2D eigenvalue weighted by Gasteiger charge is 2.60. The highest BCUT2D eigenvalue weighted by Crippen LogP contribution is 2.59. The summed E-state index contributed by atoms with van der Waals surface area (Å²) in [5, 5.41) is 0. The Morgan fingerprint density at radius 2 is 2.00 bits per heavy atom. The second-order valence-electron chi connectivity index (χ2n) is 5.24. The Bertz CT molecular complexity index is 270. The number of hydrogen-bond donors (Lipinski definition) is 1. The molecule has 78 valence electrons. The lowest BCUT2D eigenvalue weighted by atomic mass is 9.85. The van der Waals surface area contributed by atoms with E-state index in [4.69, 9.17) is 5.73 Å². The van der Waals surface area contributed by atoms with Gasteiger partial charge in [0.05, 0.1) is 0 Å². The first-order valence-electron chi connectivity index (χ1n) is 5.79. The minimum absolute atomic E-state index is 0.184. The van der Waals surface area contributed by atoms with E-state index in [-0.39, 0.29) is 11.9 Å². The van der Waals surface area contributed by atoms with Crippen molar-refractivity contribution in [2.75, 3.05) is 6.54 Å². The molecule has 3 aliphatic rings. The molecule has 1 heterocycles. The first-order valence-corrected chi connectivity index (χ1v) is 5.79. The van der Waals surface area contributed by atoms with Crippen molar-refractivity contribution >= 4 is 5.91 Å². The maximum atomic E-state index is 11.5. The lowest BCUT2D eigenvalue weighted by Gasteiger charge is -2.39. The smallest absolute Gasteiger partial charge is 0.241 e. The van der Waals surface area contributed by atoms with Crippen LogP contribution in [-0.4, -0.2) is 29.4 Å². The Balaban J connectivity index is 1.64. The minimum atomic E-state index is -0.184. The summed E-state index contributed by atoms with van der Waals surface area (Å²) < 4.78 is 0. The normalized spacial score (nSPS) is 39.8. The van der Waals surface area contributed by atoms with Gasteiger partial charge < -0.3 is 10.6 Å². The van der Waals surface area contributed by atoms with E-state index >= 15 is 0 Å². The van der Waals surface area contributed by atoms with Gasteiger partial charge in [-0.05, 0) is 24.7 Å². The summed E-state index contributed by atoms with van der Waals surface area (Å²) in [5.74, 6) is 0.192. The van der Waals surface area contributed by atoms with Gasteiger partial charge in [0, 0.05) is 12.6 Å². The van der Waals surface area contributed by atoms with E-state index in [1.807, 2.05) is 4.90 Å². The topological polar surface area (TPSA) is 46.3 Å². The molecular weight excluding hydrogens is 176 g/mol. The summed E-state index contributed by atoms with van der Waals surface area (Å²) in [7, 11) is 0. The van der Waals surface area contributed by atoms with E-state index in [9.17, 15) is 4.79 Å². The number of hydrogen-bond acceptors (Lipinski definition) is 2. The first-order chi connectivity index (χ1) is 6.73. The summed E-state index contributed by atoms with van der Waals surface area (Å²) in [6.07, 6.45) is 8.07. The van der Waals surface area contributed by atoms with Gasteiger partial charge >= 0.3 is 0 Å². The summed E-state index contributed by atoms with van der Waals surface area (Å²) in [6.45, 7) is 0.811. The van der Waals surface area contributed by atoms with Crippen LogP contribution in [0.4, 0.5) is 0 Å². The predicted molar refractivity (Wildman–Crippen MR) is 53.6 cm³/mol. The molecule has 2 saturated carbocycles. The Kier molecular flexibility index (Phi) is 1.69. The van der Waals surface area contributed by atoms with E-state index in [1.54, 1.807) is 0 Å². The molecule has 0 aromatic rings. The first kappa shape index (κ1) is 8.72. The Labute approximate surface area is 84.6 Å². The third-order valence-corrected chi connectivity index (χ3v) is 4.37. The maximum Gasteiger partial charge on any atom is 0.241 e. The Morgan fingerprint density at radius 1 is 1.29 bits per heavy atom. The van der Waals surface area contributed by atoms with Gasteiger partial charge in [-0.15, -0.1) is 0 Å². The van der Waals surface area contributed by atoms with Crippen LogP contribution in [0.3, 0.4) is 0 Å². The lowest BCUT2D eigenvalue weighted by molar-refractivity contribution is -0.144. The number of carbonyl (C=O) groups is 1. The van der Waals surface area contributed by atoms with Crippen LogP contribution in [0.2, 0.25) is 0 Å². The van der Waals surface area contributed by atoms with E-state index in [2.05, 4.69) is 0 Å². The molecule has 1 amide bonds. The molecule has 1 aliphatic heterocycles. The fourth-order valence-electron chi connectivity index (χ4n) is 3.32. The number of β-lactam (4-membered cyclic amide) rings is 1. The third-order valence-electron chi connectivity index (χ3n) is 4.37. The molecule has 2 N–H and O–H groups in total. The van der Waals surface area contributed by atoms with Crippen LogP contribution in [0.25, 0.3) is 0 Å². The van der Waals surface area contributed by atoms with Crippen molar-refractivity contribution in [3.63, 3.8) is 0 Å². The number of likely N-dealkylation sites (tertiary alicyclic amines) is 1.